The number of carboxylic acid groups (broad SMARTS) is 1. The predicted octanol–water partition coefficient (Wildman–Crippen LogP) is 2.82. The fourth-order valence-corrected chi connectivity index (χ4v) is 2.04. The van der Waals surface area contributed by atoms with Gasteiger partial charge in [0.2, 0.25) is 5.75 Å². The van der Waals surface area contributed by atoms with Gasteiger partial charge in [-0.05, 0) is 27.6 Å². The molecule has 1 aromatic rings. The fourth-order valence-electron chi connectivity index (χ4n) is 1.59. The number of rotatable bonds is 4. The average molecular weight is 318 g/mol. The van der Waals surface area contributed by atoms with E-state index in [4.69, 9.17) is 5.11 Å². The van der Waals surface area contributed by atoms with Crippen LogP contribution in [0.1, 0.15) is 25.8 Å². The number of nitro benzene ring substituents is 1. The lowest BCUT2D eigenvalue weighted by Gasteiger charge is -2.23. The normalized spacial score (nSPS) is 11.3. The Morgan fingerprint density at radius 3 is 2.50 bits per heavy atom. The van der Waals surface area contributed by atoms with E-state index in [-0.39, 0.29) is 10.9 Å². The summed E-state index contributed by atoms with van der Waals surface area (Å²) in [4.78, 5) is 20.8. The molecule has 0 aliphatic rings. The molecule has 6 nitrogen and oxygen atoms in total. The van der Waals surface area contributed by atoms with E-state index in [9.17, 15) is 20.0 Å². The molecule has 0 fully saturated rings. The van der Waals surface area contributed by atoms with Crippen molar-refractivity contribution >= 4 is 27.6 Å². The summed E-state index contributed by atoms with van der Waals surface area (Å²) >= 11 is 3.02. The largest absolute Gasteiger partial charge is 0.501 e. The number of nitro groups is 1. The molecule has 0 spiro atoms. The van der Waals surface area contributed by atoms with Gasteiger partial charge in [-0.15, -0.1) is 0 Å². The first-order valence-electron chi connectivity index (χ1n) is 5.04. The maximum Gasteiger partial charge on any atom is 0.312 e. The highest BCUT2D eigenvalue weighted by Crippen LogP contribution is 2.39. The third-order valence-electron chi connectivity index (χ3n) is 2.61. The van der Waals surface area contributed by atoms with Crippen molar-refractivity contribution in [3.05, 3.63) is 32.3 Å². The second-order valence-electron chi connectivity index (χ2n) is 4.54. The Hall–Kier alpha value is -1.63. The molecule has 2 N–H and O–H groups in total. The predicted molar refractivity (Wildman–Crippen MR) is 67.7 cm³/mol. The number of carbonyl (C=O) groups is 1. The molecule has 0 amide bonds. The molecule has 0 atom stereocenters. The van der Waals surface area contributed by atoms with E-state index in [1.54, 1.807) is 13.8 Å². The highest BCUT2D eigenvalue weighted by molar-refractivity contribution is 9.10. The second-order valence-corrected chi connectivity index (χ2v) is 5.39. The molecule has 1 rings (SSSR count). The molecular formula is C11H12BrNO5. The van der Waals surface area contributed by atoms with Crippen LogP contribution in [0.2, 0.25) is 0 Å². The lowest BCUT2D eigenvalue weighted by Crippen LogP contribution is -2.21. The van der Waals surface area contributed by atoms with Crippen LogP contribution < -0.4 is 0 Å². The summed E-state index contributed by atoms with van der Waals surface area (Å²) in [5, 5.41) is 29.1. The summed E-state index contributed by atoms with van der Waals surface area (Å²) in [6.07, 6.45) is -0.165. The van der Waals surface area contributed by atoms with E-state index < -0.39 is 27.7 Å². The van der Waals surface area contributed by atoms with E-state index in [1.807, 2.05) is 0 Å². The zero-order valence-electron chi connectivity index (χ0n) is 9.81. The van der Waals surface area contributed by atoms with Crippen LogP contribution in [0.25, 0.3) is 0 Å². The molecule has 0 saturated carbocycles. The van der Waals surface area contributed by atoms with E-state index in [1.165, 1.54) is 12.1 Å². The van der Waals surface area contributed by atoms with Gasteiger partial charge in [0.25, 0.3) is 0 Å². The van der Waals surface area contributed by atoms with Crippen molar-refractivity contribution in [2.45, 2.75) is 25.7 Å². The third-order valence-corrected chi connectivity index (χ3v) is 3.22. The van der Waals surface area contributed by atoms with Crippen LogP contribution in [0.5, 0.6) is 5.75 Å². The van der Waals surface area contributed by atoms with Crippen LogP contribution in [0.15, 0.2) is 16.6 Å². The van der Waals surface area contributed by atoms with Crippen LogP contribution in [0.3, 0.4) is 0 Å². The second kappa shape index (κ2) is 4.93. The molecule has 0 saturated heterocycles. The van der Waals surface area contributed by atoms with Gasteiger partial charge in [0.1, 0.15) is 0 Å². The zero-order valence-corrected chi connectivity index (χ0v) is 11.4. The van der Waals surface area contributed by atoms with E-state index in [0.29, 0.717) is 5.56 Å². The lowest BCUT2D eigenvalue weighted by molar-refractivity contribution is -0.386. The van der Waals surface area contributed by atoms with Crippen molar-refractivity contribution in [1.82, 2.24) is 0 Å². The van der Waals surface area contributed by atoms with Crippen LogP contribution in [-0.4, -0.2) is 21.1 Å². The van der Waals surface area contributed by atoms with Gasteiger partial charge < -0.3 is 10.2 Å². The molecule has 0 bridgehead atoms. The average Bonchev–Trinajstić information content (AvgIpc) is 2.19. The Bertz CT molecular complexity index is 512. The quantitative estimate of drug-likeness (QED) is 0.656. The summed E-state index contributed by atoms with van der Waals surface area (Å²) < 4.78 is 0.171. The number of phenols is 1. The Labute approximate surface area is 112 Å². The summed E-state index contributed by atoms with van der Waals surface area (Å²) in [5.74, 6) is -1.46. The minimum atomic E-state index is -0.994. The van der Waals surface area contributed by atoms with Gasteiger partial charge in [0.15, 0.2) is 0 Å². The van der Waals surface area contributed by atoms with Gasteiger partial charge in [-0.2, -0.15) is 0 Å². The van der Waals surface area contributed by atoms with Gasteiger partial charge in [-0.25, -0.2) is 0 Å². The van der Waals surface area contributed by atoms with Gasteiger partial charge in [-0.1, -0.05) is 13.8 Å². The summed E-state index contributed by atoms with van der Waals surface area (Å²) in [6.45, 7) is 3.34. The Morgan fingerprint density at radius 1 is 1.50 bits per heavy atom. The Balaban J connectivity index is 3.34. The minimum absolute atomic E-state index is 0.165. The van der Waals surface area contributed by atoms with Gasteiger partial charge in [0, 0.05) is 11.5 Å². The molecule has 0 radical (unpaired) electrons. The zero-order chi connectivity index (χ0) is 14.1. The first-order valence-corrected chi connectivity index (χ1v) is 5.83. The van der Waals surface area contributed by atoms with Crippen molar-refractivity contribution in [3.63, 3.8) is 0 Å². The number of phenolic OH excluding ortho intramolecular Hbond substituents is 1. The molecular weight excluding hydrogens is 306 g/mol. The molecule has 0 aliphatic carbocycles. The van der Waals surface area contributed by atoms with Crippen molar-refractivity contribution in [2.75, 3.05) is 0 Å². The maximum absolute atomic E-state index is 10.8. The van der Waals surface area contributed by atoms with E-state index >= 15 is 0 Å². The van der Waals surface area contributed by atoms with E-state index in [0.717, 1.165) is 0 Å². The number of aromatic hydroxyl groups is 1. The van der Waals surface area contributed by atoms with Crippen molar-refractivity contribution in [2.24, 2.45) is 0 Å². The standard InChI is InChI=1S/C11H12BrNO5/c1-11(2,5-9(14)15)6-3-7(12)10(16)8(4-6)13(17)18/h3-4,16H,5H2,1-2H3,(H,14,15). The molecule has 0 unspecified atom stereocenters. The van der Waals surface area contributed by atoms with E-state index in [2.05, 4.69) is 15.9 Å². The molecule has 0 aliphatic heterocycles. The number of carboxylic acids is 1. The number of halogens is 1. The SMILES string of the molecule is CC(C)(CC(=O)O)c1cc(Br)c(O)c([N+](=O)[O-])c1. The molecule has 18 heavy (non-hydrogen) atoms. The first kappa shape index (κ1) is 14.4. The number of nitrogens with zero attached hydrogens (tertiary/aromatic N) is 1. The highest BCUT2D eigenvalue weighted by atomic mass is 79.9. The van der Waals surface area contributed by atoms with Crippen LogP contribution in [-0.2, 0) is 10.2 Å². The third kappa shape index (κ3) is 2.98. The number of benzene rings is 1. The van der Waals surface area contributed by atoms with Crippen LogP contribution >= 0.6 is 15.9 Å². The summed E-state index contributed by atoms with van der Waals surface area (Å²) in [5.41, 5.74) is -0.744. The summed E-state index contributed by atoms with van der Waals surface area (Å²) in [6, 6.07) is 2.69. The van der Waals surface area contributed by atoms with Crippen molar-refractivity contribution in [3.8, 4) is 5.75 Å². The Morgan fingerprint density at radius 2 is 2.06 bits per heavy atom. The Kier molecular flexibility index (Phi) is 3.95. The van der Waals surface area contributed by atoms with Crippen molar-refractivity contribution in [1.29, 1.82) is 0 Å². The van der Waals surface area contributed by atoms with Gasteiger partial charge in [-0.3, -0.25) is 14.9 Å². The molecule has 7 heteroatoms. The molecule has 1 aromatic carbocycles. The molecule has 0 heterocycles. The first-order chi connectivity index (χ1) is 8.15. The molecule has 98 valence electrons. The smallest absolute Gasteiger partial charge is 0.312 e. The topological polar surface area (TPSA) is 101 Å². The van der Waals surface area contributed by atoms with Crippen LogP contribution in [0.4, 0.5) is 5.69 Å². The van der Waals surface area contributed by atoms with Crippen molar-refractivity contribution < 1.29 is 19.9 Å². The van der Waals surface area contributed by atoms with Gasteiger partial charge >= 0.3 is 11.7 Å². The maximum atomic E-state index is 10.8. The van der Waals surface area contributed by atoms with Gasteiger partial charge in [0.05, 0.1) is 15.8 Å². The van der Waals surface area contributed by atoms with Crippen LogP contribution in [0, 0.1) is 10.1 Å². The fraction of sp³-hybridized carbons (Fsp3) is 0.364. The lowest BCUT2D eigenvalue weighted by atomic mass is 9.81. The summed E-state index contributed by atoms with van der Waals surface area (Å²) in [7, 11) is 0. The number of hydrogen-bond acceptors (Lipinski definition) is 4. The number of aliphatic carboxylic acids is 1. The minimum Gasteiger partial charge on any atom is -0.501 e. The molecule has 0 aromatic heterocycles. The monoisotopic (exact) mass is 317 g/mol. The number of hydrogen-bond donors (Lipinski definition) is 2. The highest BCUT2D eigenvalue weighted by Gasteiger charge is 2.28.